The molecule has 1 aromatic carbocycles. The van der Waals surface area contributed by atoms with E-state index in [1.807, 2.05) is 31.2 Å². The van der Waals surface area contributed by atoms with Crippen molar-refractivity contribution in [3.05, 3.63) is 29.8 Å². The first-order valence-corrected chi connectivity index (χ1v) is 11.7. The predicted octanol–water partition coefficient (Wildman–Crippen LogP) is 2.77. The third-order valence-electron chi connectivity index (χ3n) is 7.29. The Morgan fingerprint density at radius 1 is 1.22 bits per heavy atom. The van der Waals surface area contributed by atoms with Gasteiger partial charge in [-0.1, -0.05) is 24.1 Å². The van der Waals surface area contributed by atoms with E-state index in [0.717, 1.165) is 37.7 Å². The second kappa shape index (κ2) is 9.72. The Labute approximate surface area is 189 Å². The van der Waals surface area contributed by atoms with E-state index >= 15 is 0 Å². The molecule has 4 rings (SSSR count). The number of ketones is 1. The normalized spacial score (nSPS) is 27.6. The summed E-state index contributed by atoms with van der Waals surface area (Å²) in [5.74, 6) is 0.594. The standard InChI is InChI=1S/C25H31N3O4/c1-16-8-10-20(11-9-16)32-15-23(30)28-14-18-5-2-6-21(18)24(28)25(31)27-19(13-26)12-17-4-3-7-22(17)29/h8-11,17-19,21,24H,2-7,12,14-15H2,1H3,(H,27,31)/t17-,18-,19-,21-,24?/m0/s1. The number of carbonyl (C=O) groups is 3. The van der Waals surface area contributed by atoms with Gasteiger partial charge in [0, 0.05) is 18.9 Å². The van der Waals surface area contributed by atoms with E-state index in [4.69, 9.17) is 4.74 Å². The number of aryl methyl sites for hydroxylation is 1. The largest absolute Gasteiger partial charge is 0.484 e. The molecule has 2 aliphatic carbocycles. The van der Waals surface area contributed by atoms with Crippen LogP contribution in [-0.4, -0.2) is 47.7 Å². The quantitative estimate of drug-likeness (QED) is 0.707. The maximum atomic E-state index is 13.3. The summed E-state index contributed by atoms with van der Waals surface area (Å²) in [5.41, 5.74) is 1.11. The van der Waals surface area contributed by atoms with E-state index in [9.17, 15) is 19.6 Å². The summed E-state index contributed by atoms with van der Waals surface area (Å²) in [5, 5.41) is 12.4. The summed E-state index contributed by atoms with van der Waals surface area (Å²) in [6, 6.07) is 8.36. The molecule has 0 bridgehead atoms. The molecule has 32 heavy (non-hydrogen) atoms. The Morgan fingerprint density at radius 3 is 2.69 bits per heavy atom. The van der Waals surface area contributed by atoms with E-state index in [-0.39, 0.29) is 36.0 Å². The average Bonchev–Trinajstić information content (AvgIpc) is 3.48. The van der Waals surface area contributed by atoms with Crippen molar-refractivity contribution in [1.82, 2.24) is 10.2 Å². The molecule has 3 aliphatic rings. The Bertz CT molecular complexity index is 907. The third kappa shape index (κ3) is 4.79. The molecule has 7 heteroatoms. The third-order valence-corrected chi connectivity index (χ3v) is 7.29. The van der Waals surface area contributed by atoms with Crippen LogP contribution >= 0.6 is 0 Å². The Morgan fingerprint density at radius 2 is 2.00 bits per heavy atom. The van der Waals surface area contributed by atoms with Gasteiger partial charge in [-0.05, 0) is 63.0 Å². The number of likely N-dealkylation sites (tertiary alicyclic amines) is 1. The zero-order chi connectivity index (χ0) is 22.7. The number of carbonyl (C=O) groups excluding carboxylic acids is 3. The first kappa shape index (κ1) is 22.3. The molecule has 0 spiro atoms. The van der Waals surface area contributed by atoms with Gasteiger partial charge < -0.3 is 15.0 Å². The van der Waals surface area contributed by atoms with Gasteiger partial charge in [-0.15, -0.1) is 0 Å². The minimum absolute atomic E-state index is 0.116. The van der Waals surface area contributed by atoms with Crippen molar-refractivity contribution in [1.29, 1.82) is 5.26 Å². The molecule has 2 saturated carbocycles. The van der Waals surface area contributed by atoms with Crippen molar-refractivity contribution < 1.29 is 19.1 Å². The van der Waals surface area contributed by atoms with Gasteiger partial charge in [-0.2, -0.15) is 5.26 Å². The topological polar surface area (TPSA) is 99.5 Å². The number of Topliss-reactive ketones (excluding diaryl/α,β-unsaturated/α-hetero) is 1. The molecule has 2 amide bonds. The van der Waals surface area contributed by atoms with E-state index in [1.54, 1.807) is 4.90 Å². The number of rotatable bonds is 7. The molecule has 1 saturated heterocycles. The predicted molar refractivity (Wildman–Crippen MR) is 118 cm³/mol. The number of nitriles is 1. The first-order valence-electron chi connectivity index (χ1n) is 11.7. The van der Waals surface area contributed by atoms with Crippen LogP contribution < -0.4 is 10.1 Å². The molecule has 170 valence electrons. The van der Waals surface area contributed by atoms with Crippen LogP contribution in [0.2, 0.25) is 0 Å². The molecule has 1 N–H and O–H groups in total. The summed E-state index contributed by atoms with van der Waals surface area (Å²) in [6.07, 6.45) is 5.52. The van der Waals surface area contributed by atoms with Gasteiger partial charge >= 0.3 is 0 Å². The second-order valence-corrected chi connectivity index (χ2v) is 9.43. The van der Waals surface area contributed by atoms with Gasteiger partial charge in [0.15, 0.2) is 6.61 Å². The van der Waals surface area contributed by atoms with E-state index in [2.05, 4.69) is 11.4 Å². The minimum atomic E-state index is -0.712. The highest BCUT2D eigenvalue weighted by molar-refractivity contribution is 5.90. The maximum absolute atomic E-state index is 13.3. The second-order valence-electron chi connectivity index (χ2n) is 9.43. The number of amides is 2. The van der Waals surface area contributed by atoms with Crippen LogP contribution in [0.15, 0.2) is 24.3 Å². The van der Waals surface area contributed by atoms with E-state index in [0.29, 0.717) is 31.1 Å². The van der Waals surface area contributed by atoms with Crippen molar-refractivity contribution in [2.45, 2.75) is 64.0 Å². The Hall–Kier alpha value is -2.88. The molecular weight excluding hydrogens is 406 g/mol. The van der Waals surface area contributed by atoms with Gasteiger partial charge in [0.25, 0.3) is 5.91 Å². The van der Waals surface area contributed by atoms with Crippen LogP contribution in [0, 0.1) is 36.0 Å². The molecule has 1 unspecified atom stereocenters. The molecule has 1 aromatic rings. The highest BCUT2D eigenvalue weighted by atomic mass is 16.5. The maximum Gasteiger partial charge on any atom is 0.261 e. The zero-order valence-electron chi connectivity index (χ0n) is 18.6. The molecule has 1 aliphatic heterocycles. The highest BCUT2D eigenvalue weighted by Crippen LogP contribution is 2.42. The van der Waals surface area contributed by atoms with Gasteiger partial charge in [0.2, 0.25) is 5.91 Å². The van der Waals surface area contributed by atoms with Crippen LogP contribution in [-0.2, 0) is 14.4 Å². The number of fused-ring (bicyclic) bond motifs is 1. The number of hydrogen-bond donors (Lipinski definition) is 1. The van der Waals surface area contributed by atoms with Gasteiger partial charge in [-0.3, -0.25) is 14.4 Å². The summed E-state index contributed by atoms with van der Waals surface area (Å²) in [6.45, 7) is 2.42. The van der Waals surface area contributed by atoms with E-state index < -0.39 is 12.1 Å². The van der Waals surface area contributed by atoms with Crippen LogP contribution in [0.1, 0.15) is 50.5 Å². The lowest BCUT2D eigenvalue weighted by molar-refractivity contribution is -0.141. The van der Waals surface area contributed by atoms with Crippen LogP contribution in [0.5, 0.6) is 5.75 Å². The zero-order valence-corrected chi connectivity index (χ0v) is 18.6. The van der Waals surface area contributed by atoms with Gasteiger partial charge in [-0.25, -0.2) is 0 Å². The van der Waals surface area contributed by atoms with Crippen LogP contribution in [0.4, 0.5) is 0 Å². The average molecular weight is 438 g/mol. The monoisotopic (exact) mass is 437 g/mol. The van der Waals surface area contributed by atoms with Crippen molar-refractivity contribution in [2.24, 2.45) is 17.8 Å². The van der Waals surface area contributed by atoms with Crippen LogP contribution in [0.3, 0.4) is 0 Å². The fourth-order valence-electron chi connectivity index (χ4n) is 5.58. The van der Waals surface area contributed by atoms with Gasteiger partial charge in [0.05, 0.1) is 6.07 Å². The van der Waals surface area contributed by atoms with Crippen molar-refractivity contribution in [2.75, 3.05) is 13.2 Å². The van der Waals surface area contributed by atoms with Crippen molar-refractivity contribution in [3.63, 3.8) is 0 Å². The molecule has 0 aromatic heterocycles. The summed E-state index contributed by atoms with van der Waals surface area (Å²) >= 11 is 0. The number of benzene rings is 1. The molecule has 0 radical (unpaired) electrons. The van der Waals surface area contributed by atoms with Crippen molar-refractivity contribution >= 4 is 17.6 Å². The number of ether oxygens (including phenoxy) is 1. The summed E-state index contributed by atoms with van der Waals surface area (Å²) < 4.78 is 5.68. The number of hydrogen-bond acceptors (Lipinski definition) is 5. The Kier molecular flexibility index (Phi) is 6.78. The molecular formula is C25H31N3O4. The molecule has 1 heterocycles. The van der Waals surface area contributed by atoms with E-state index in [1.165, 1.54) is 0 Å². The molecule has 3 fully saturated rings. The van der Waals surface area contributed by atoms with Crippen LogP contribution in [0.25, 0.3) is 0 Å². The lowest BCUT2D eigenvalue weighted by Gasteiger charge is -2.28. The SMILES string of the molecule is Cc1ccc(OCC(=O)N2C[C@@H]3CCC[C@@H]3C2C(=O)N[C@H](C#N)C[C@@H]2CCCC2=O)cc1. The molecule has 5 atom stereocenters. The van der Waals surface area contributed by atoms with Crippen molar-refractivity contribution in [3.8, 4) is 11.8 Å². The Balaban J connectivity index is 1.41. The highest BCUT2D eigenvalue weighted by Gasteiger charge is 2.49. The van der Waals surface area contributed by atoms with Gasteiger partial charge in [0.1, 0.15) is 23.6 Å². The number of nitrogens with one attached hydrogen (secondary N) is 1. The summed E-state index contributed by atoms with van der Waals surface area (Å²) in [4.78, 5) is 39.9. The first-order chi connectivity index (χ1) is 15.5. The lowest BCUT2D eigenvalue weighted by Crippen LogP contribution is -2.52. The summed E-state index contributed by atoms with van der Waals surface area (Å²) in [7, 11) is 0. The number of nitrogens with zero attached hydrogens (tertiary/aromatic N) is 2. The minimum Gasteiger partial charge on any atom is -0.484 e. The fraction of sp³-hybridized carbons (Fsp3) is 0.600. The fourth-order valence-corrected chi connectivity index (χ4v) is 5.58. The smallest absolute Gasteiger partial charge is 0.261 e. The lowest BCUT2D eigenvalue weighted by atomic mass is 9.92. The molecule has 7 nitrogen and oxygen atoms in total.